The lowest BCUT2D eigenvalue weighted by Gasteiger charge is -2.26. The molecule has 12 heteroatoms. The molecule has 1 amide bonds. The Morgan fingerprint density at radius 2 is 1.74 bits per heavy atom. The Morgan fingerprint density at radius 1 is 0.974 bits per heavy atom. The van der Waals surface area contributed by atoms with E-state index in [0.29, 0.717) is 48.2 Å². The lowest BCUT2D eigenvalue weighted by Crippen LogP contribution is -2.40. The molecule has 1 saturated carbocycles. The van der Waals surface area contributed by atoms with E-state index in [2.05, 4.69) is 5.32 Å². The number of amides is 1. The summed E-state index contributed by atoms with van der Waals surface area (Å²) in [6.07, 6.45) is 5.34. The van der Waals surface area contributed by atoms with Gasteiger partial charge < -0.3 is 14.8 Å². The molecule has 0 radical (unpaired) electrons. The van der Waals surface area contributed by atoms with Crippen LogP contribution in [0.15, 0.2) is 62.8 Å². The average Bonchev–Trinajstić information content (AvgIpc) is 3.35. The van der Waals surface area contributed by atoms with Gasteiger partial charge in [-0.2, -0.15) is 9.41 Å². The van der Waals surface area contributed by atoms with Crippen molar-refractivity contribution >= 4 is 44.4 Å². The zero-order chi connectivity index (χ0) is 26.8. The first kappa shape index (κ1) is 25.9. The maximum absolute atomic E-state index is 13.0. The van der Waals surface area contributed by atoms with Gasteiger partial charge >= 0.3 is 0 Å². The van der Waals surface area contributed by atoms with Gasteiger partial charge in [-0.15, -0.1) is 11.3 Å². The molecule has 2 fully saturated rings. The minimum Gasteiger partial charge on any atom is -0.482 e. The van der Waals surface area contributed by atoms with Crippen LogP contribution in [-0.4, -0.2) is 61.9 Å². The highest BCUT2D eigenvalue weighted by Gasteiger charge is 2.26. The largest absolute Gasteiger partial charge is 0.482 e. The topological polar surface area (TPSA) is 115 Å². The van der Waals surface area contributed by atoms with Gasteiger partial charge in [-0.25, -0.2) is 18.1 Å². The van der Waals surface area contributed by atoms with E-state index in [1.807, 2.05) is 28.3 Å². The van der Waals surface area contributed by atoms with Crippen LogP contribution in [0.25, 0.3) is 11.3 Å². The number of carbonyl (C=O) groups is 1. The van der Waals surface area contributed by atoms with Crippen LogP contribution in [0, 0.1) is 0 Å². The van der Waals surface area contributed by atoms with E-state index in [0.717, 1.165) is 42.7 Å². The van der Waals surface area contributed by atoms with Gasteiger partial charge in [0.2, 0.25) is 14.8 Å². The number of anilines is 1. The molecule has 0 unspecified atom stereocenters. The van der Waals surface area contributed by atoms with E-state index in [4.69, 9.17) is 19.6 Å². The van der Waals surface area contributed by atoms with Crippen molar-refractivity contribution in [1.82, 2.24) is 8.98 Å². The van der Waals surface area contributed by atoms with Crippen LogP contribution in [0.5, 0.6) is 5.75 Å². The fraction of sp³-hybridized carbons (Fsp3) is 0.370. The number of nitrogens with zero attached hydrogens (tertiary/aromatic N) is 4. The molecule has 3 aliphatic rings. The van der Waals surface area contributed by atoms with E-state index >= 15 is 0 Å². The number of hydrogen-bond donors (Lipinski definition) is 1. The predicted molar refractivity (Wildman–Crippen MR) is 149 cm³/mol. The maximum atomic E-state index is 13.0. The fourth-order valence-corrected chi connectivity index (χ4v) is 7.11. The monoisotopic (exact) mass is 567 g/mol. The van der Waals surface area contributed by atoms with Gasteiger partial charge in [0.25, 0.3) is 5.91 Å². The van der Waals surface area contributed by atoms with Gasteiger partial charge in [0, 0.05) is 29.7 Å². The van der Waals surface area contributed by atoms with Crippen LogP contribution in [0.2, 0.25) is 0 Å². The van der Waals surface area contributed by atoms with Gasteiger partial charge in [-0.3, -0.25) is 4.79 Å². The summed E-state index contributed by atoms with van der Waals surface area (Å²) in [6, 6.07) is 12.3. The molecule has 2 aliphatic heterocycles. The number of hydrogen-bond acceptors (Lipinski definition) is 8. The third-order valence-electron chi connectivity index (χ3n) is 6.93. The molecular weight excluding hydrogens is 538 g/mol. The summed E-state index contributed by atoms with van der Waals surface area (Å²) in [6.45, 7) is 1.52. The first-order valence-corrected chi connectivity index (χ1v) is 15.4. The SMILES string of the molecule is O=C1COc2ccc(-c3csc(=Nc4ccc(S(=O)(=O)N5CCOCC5)cc4)n3N=C3CCCCC3)cc2N1. The second-order valence-electron chi connectivity index (χ2n) is 9.61. The minimum atomic E-state index is -3.58. The maximum Gasteiger partial charge on any atom is 0.262 e. The lowest BCUT2D eigenvalue weighted by atomic mass is 9.99. The molecule has 0 spiro atoms. The highest BCUT2D eigenvalue weighted by Crippen LogP contribution is 2.33. The van der Waals surface area contributed by atoms with Crippen LogP contribution >= 0.6 is 11.3 Å². The third-order valence-corrected chi connectivity index (χ3v) is 9.66. The Hall–Kier alpha value is -3.32. The molecule has 0 atom stereocenters. The van der Waals surface area contributed by atoms with Crippen molar-refractivity contribution < 1.29 is 22.7 Å². The number of benzene rings is 2. The zero-order valence-electron chi connectivity index (χ0n) is 21.3. The third kappa shape index (κ3) is 5.55. The fourth-order valence-electron chi connectivity index (χ4n) is 4.85. The van der Waals surface area contributed by atoms with E-state index in [9.17, 15) is 13.2 Å². The van der Waals surface area contributed by atoms with Gasteiger partial charge in [-0.1, -0.05) is 6.42 Å². The van der Waals surface area contributed by atoms with Crippen LogP contribution in [-0.2, 0) is 19.6 Å². The van der Waals surface area contributed by atoms with Crippen molar-refractivity contribution in [2.75, 3.05) is 38.2 Å². The Kier molecular flexibility index (Phi) is 7.34. The molecule has 3 aromatic rings. The van der Waals surface area contributed by atoms with Crippen molar-refractivity contribution in [3.05, 3.63) is 52.6 Å². The number of thiazole rings is 1. The highest BCUT2D eigenvalue weighted by molar-refractivity contribution is 7.89. The average molecular weight is 568 g/mol. The number of fused-ring (bicyclic) bond motifs is 1. The van der Waals surface area contributed by atoms with E-state index < -0.39 is 10.0 Å². The van der Waals surface area contributed by atoms with Crippen LogP contribution in [0.1, 0.15) is 32.1 Å². The van der Waals surface area contributed by atoms with Crippen molar-refractivity contribution in [2.45, 2.75) is 37.0 Å². The number of rotatable bonds is 5. The number of morpholine rings is 1. The van der Waals surface area contributed by atoms with Crippen LogP contribution in [0.4, 0.5) is 11.4 Å². The molecule has 204 valence electrons. The number of carbonyl (C=O) groups excluding carboxylic acids is 1. The summed E-state index contributed by atoms with van der Waals surface area (Å²) in [5, 5.41) is 9.88. The molecule has 2 aromatic carbocycles. The summed E-state index contributed by atoms with van der Waals surface area (Å²) in [4.78, 5) is 17.6. The lowest BCUT2D eigenvalue weighted by molar-refractivity contribution is -0.118. The molecule has 10 nitrogen and oxygen atoms in total. The molecule has 39 heavy (non-hydrogen) atoms. The van der Waals surface area contributed by atoms with E-state index in [1.165, 1.54) is 22.1 Å². The van der Waals surface area contributed by atoms with Crippen LogP contribution < -0.4 is 14.9 Å². The number of ether oxygens (including phenoxy) is 2. The first-order valence-electron chi connectivity index (χ1n) is 13.0. The standard InChI is InChI=1S/C27H29N5O5S2/c33-26-17-37-25-11-6-19(16-23(25)29-26)24-18-38-27(32(24)30-21-4-2-1-3-5-21)28-20-7-9-22(10-8-20)39(34,35)31-12-14-36-15-13-31/h6-11,16,18H,1-5,12-15,17H2,(H,29,33). The Labute approximate surface area is 230 Å². The van der Waals surface area contributed by atoms with Gasteiger partial charge in [-0.05, 0) is 68.1 Å². The second kappa shape index (κ2) is 11.0. The minimum absolute atomic E-state index is 0.00795. The Balaban J connectivity index is 1.37. The number of nitrogens with one attached hydrogen (secondary N) is 1. The van der Waals surface area contributed by atoms with Crippen LogP contribution in [0.3, 0.4) is 0 Å². The summed E-state index contributed by atoms with van der Waals surface area (Å²) < 4.78 is 40.1. The molecule has 1 aromatic heterocycles. The first-order chi connectivity index (χ1) is 19.0. The molecule has 1 N–H and O–H groups in total. The summed E-state index contributed by atoms with van der Waals surface area (Å²) in [5.74, 6) is 0.450. The molecule has 0 bridgehead atoms. The zero-order valence-corrected chi connectivity index (χ0v) is 23.0. The molecular formula is C27H29N5O5S2. The summed E-state index contributed by atoms with van der Waals surface area (Å²) in [7, 11) is -3.58. The van der Waals surface area contributed by atoms with E-state index in [1.54, 1.807) is 24.3 Å². The molecule has 6 rings (SSSR count). The summed E-state index contributed by atoms with van der Waals surface area (Å²) in [5.41, 5.74) is 4.12. The van der Waals surface area contributed by atoms with Crippen molar-refractivity contribution in [2.24, 2.45) is 10.1 Å². The van der Waals surface area contributed by atoms with Gasteiger partial charge in [0.05, 0.1) is 35.2 Å². The molecule has 3 heterocycles. The molecule has 1 saturated heterocycles. The number of sulfonamides is 1. The Morgan fingerprint density at radius 3 is 2.51 bits per heavy atom. The van der Waals surface area contributed by atoms with Crippen molar-refractivity contribution in [1.29, 1.82) is 0 Å². The van der Waals surface area contributed by atoms with Gasteiger partial charge in [0.15, 0.2) is 6.61 Å². The number of aromatic nitrogens is 1. The smallest absolute Gasteiger partial charge is 0.262 e. The van der Waals surface area contributed by atoms with Crippen molar-refractivity contribution in [3.63, 3.8) is 0 Å². The predicted octanol–water partition coefficient (Wildman–Crippen LogP) is 3.97. The van der Waals surface area contributed by atoms with E-state index in [-0.39, 0.29) is 17.4 Å². The Bertz CT molecular complexity index is 1580. The quantitative estimate of drug-likeness (QED) is 0.501. The highest BCUT2D eigenvalue weighted by atomic mass is 32.2. The normalized spacial score (nSPS) is 18.8. The second-order valence-corrected chi connectivity index (χ2v) is 12.4. The van der Waals surface area contributed by atoms with Gasteiger partial charge in [0.1, 0.15) is 5.75 Å². The molecule has 1 aliphatic carbocycles. The summed E-state index contributed by atoms with van der Waals surface area (Å²) >= 11 is 1.46. The van der Waals surface area contributed by atoms with Crippen molar-refractivity contribution in [3.8, 4) is 17.0 Å².